The van der Waals surface area contributed by atoms with E-state index in [0.717, 1.165) is 29.5 Å². The van der Waals surface area contributed by atoms with Crippen LogP contribution >= 0.6 is 0 Å². The lowest BCUT2D eigenvalue weighted by molar-refractivity contribution is -0.146. The van der Waals surface area contributed by atoms with Crippen molar-refractivity contribution in [3.8, 4) is 0 Å². The van der Waals surface area contributed by atoms with Gasteiger partial charge in [0.1, 0.15) is 17.7 Å². The third kappa shape index (κ3) is 10.7. The Morgan fingerprint density at radius 2 is 1.50 bits per heavy atom. The summed E-state index contributed by atoms with van der Waals surface area (Å²) in [5.41, 5.74) is 1.61. The first kappa shape index (κ1) is 33.5. The molecule has 0 spiro atoms. The van der Waals surface area contributed by atoms with Crippen molar-refractivity contribution < 1.29 is 19.1 Å². The fourth-order valence-corrected chi connectivity index (χ4v) is 4.41. The molecule has 3 unspecified atom stereocenters. The van der Waals surface area contributed by atoms with Gasteiger partial charge in [0.2, 0.25) is 11.8 Å². The predicted octanol–water partition coefficient (Wildman–Crippen LogP) is 6.46. The Bertz CT molecular complexity index is 957. The van der Waals surface area contributed by atoms with Crippen molar-refractivity contribution in [3.05, 3.63) is 34.9 Å². The molecule has 3 atom stereocenters. The molecule has 0 saturated heterocycles. The van der Waals surface area contributed by atoms with Crippen LogP contribution in [0.15, 0.2) is 18.2 Å². The van der Waals surface area contributed by atoms with Crippen LogP contribution in [0.3, 0.4) is 0 Å². The second-order valence-electron chi connectivity index (χ2n) is 13.4. The summed E-state index contributed by atoms with van der Waals surface area (Å²) in [7, 11) is 0. The van der Waals surface area contributed by atoms with Crippen LogP contribution in [0.5, 0.6) is 0 Å². The van der Waals surface area contributed by atoms with Gasteiger partial charge in [0.15, 0.2) is 0 Å². The maximum Gasteiger partial charge on any atom is 0.408 e. The molecule has 0 aromatic heterocycles. The van der Waals surface area contributed by atoms with Crippen LogP contribution in [0.25, 0.3) is 0 Å². The first-order valence-corrected chi connectivity index (χ1v) is 13.9. The standard InChI is InChI=1S/C31H53N3O4/c1-19(2)14-16-23(7)34(28(36)25(20(3)4)32-29(37)38-31(11,12)13)26(27(35)33-30(8,9)10)24-17-15-21(5)18-22(24)6/h15,17-20,23,25-26H,14,16H2,1-13H3,(H,32,37)(H,33,35). The van der Waals surface area contributed by atoms with E-state index in [1.54, 1.807) is 25.7 Å². The lowest BCUT2D eigenvalue weighted by atomic mass is 9.92. The summed E-state index contributed by atoms with van der Waals surface area (Å²) < 4.78 is 5.48. The number of nitrogens with one attached hydrogen (secondary N) is 2. The monoisotopic (exact) mass is 531 g/mol. The van der Waals surface area contributed by atoms with Gasteiger partial charge in [-0.25, -0.2) is 4.79 Å². The highest BCUT2D eigenvalue weighted by molar-refractivity contribution is 5.93. The van der Waals surface area contributed by atoms with Crippen LogP contribution in [0.2, 0.25) is 0 Å². The quantitative estimate of drug-likeness (QED) is 0.363. The van der Waals surface area contributed by atoms with E-state index in [1.165, 1.54) is 0 Å². The number of nitrogens with zero attached hydrogens (tertiary/aromatic N) is 1. The molecule has 3 amide bonds. The van der Waals surface area contributed by atoms with Crippen molar-refractivity contribution in [2.45, 2.75) is 132 Å². The number of ether oxygens (including phenoxy) is 1. The summed E-state index contributed by atoms with van der Waals surface area (Å²) in [6.07, 6.45) is 0.976. The van der Waals surface area contributed by atoms with E-state index in [1.807, 2.05) is 73.6 Å². The molecule has 0 radical (unpaired) electrons. The number of carbonyl (C=O) groups is 3. The number of rotatable bonds is 10. The average Bonchev–Trinajstić information content (AvgIpc) is 2.71. The number of carbonyl (C=O) groups excluding carboxylic acids is 3. The number of amides is 3. The van der Waals surface area contributed by atoms with E-state index in [-0.39, 0.29) is 23.8 Å². The molecule has 1 rings (SSSR count). The second-order valence-corrected chi connectivity index (χ2v) is 13.4. The molecular weight excluding hydrogens is 478 g/mol. The molecule has 0 heterocycles. The zero-order chi connectivity index (χ0) is 29.6. The van der Waals surface area contributed by atoms with Crippen molar-refractivity contribution in [2.24, 2.45) is 11.8 Å². The lowest BCUT2D eigenvalue weighted by Crippen LogP contribution is -2.58. The van der Waals surface area contributed by atoms with Gasteiger partial charge < -0.3 is 20.3 Å². The highest BCUT2D eigenvalue weighted by Gasteiger charge is 2.41. The summed E-state index contributed by atoms with van der Waals surface area (Å²) in [5, 5.41) is 5.92. The van der Waals surface area contributed by atoms with Crippen LogP contribution < -0.4 is 10.6 Å². The summed E-state index contributed by atoms with van der Waals surface area (Å²) >= 11 is 0. The zero-order valence-corrected chi connectivity index (χ0v) is 26.1. The minimum Gasteiger partial charge on any atom is -0.444 e. The predicted molar refractivity (Wildman–Crippen MR) is 155 cm³/mol. The Balaban J connectivity index is 3.71. The van der Waals surface area contributed by atoms with Gasteiger partial charge in [0, 0.05) is 11.6 Å². The van der Waals surface area contributed by atoms with Crippen molar-refractivity contribution in [3.63, 3.8) is 0 Å². The molecule has 0 aliphatic carbocycles. The van der Waals surface area contributed by atoms with Crippen LogP contribution in [0, 0.1) is 25.7 Å². The van der Waals surface area contributed by atoms with E-state index in [9.17, 15) is 14.4 Å². The van der Waals surface area contributed by atoms with E-state index in [0.29, 0.717) is 5.92 Å². The molecule has 7 heteroatoms. The fraction of sp³-hybridized carbons (Fsp3) is 0.710. The Morgan fingerprint density at radius 1 is 0.921 bits per heavy atom. The van der Waals surface area contributed by atoms with Crippen molar-refractivity contribution >= 4 is 17.9 Å². The molecule has 7 nitrogen and oxygen atoms in total. The molecule has 0 aliphatic heterocycles. The van der Waals surface area contributed by atoms with Gasteiger partial charge >= 0.3 is 6.09 Å². The van der Waals surface area contributed by atoms with Crippen LogP contribution in [0.1, 0.15) is 112 Å². The smallest absolute Gasteiger partial charge is 0.408 e. The van der Waals surface area contributed by atoms with Crippen molar-refractivity contribution in [1.29, 1.82) is 0 Å². The molecular formula is C31H53N3O4. The van der Waals surface area contributed by atoms with E-state index in [2.05, 4.69) is 24.5 Å². The Kier molecular flexibility index (Phi) is 11.9. The minimum absolute atomic E-state index is 0.222. The third-order valence-corrected chi connectivity index (χ3v) is 6.24. The number of hydrogen-bond donors (Lipinski definition) is 2. The summed E-state index contributed by atoms with van der Waals surface area (Å²) in [5.74, 6) is -0.316. The van der Waals surface area contributed by atoms with E-state index >= 15 is 0 Å². The number of alkyl carbamates (subject to hydrolysis) is 1. The van der Waals surface area contributed by atoms with E-state index in [4.69, 9.17) is 4.74 Å². The molecule has 0 fully saturated rings. The average molecular weight is 532 g/mol. The van der Waals surface area contributed by atoms with Crippen molar-refractivity contribution in [2.75, 3.05) is 0 Å². The molecule has 0 saturated carbocycles. The Morgan fingerprint density at radius 3 is 1.95 bits per heavy atom. The minimum atomic E-state index is -0.859. The van der Waals surface area contributed by atoms with Gasteiger partial charge in [-0.3, -0.25) is 9.59 Å². The third-order valence-electron chi connectivity index (χ3n) is 6.24. The van der Waals surface area contributed by atoms with Gasteiger partial charge in [-0.1, -0.05) is 51.5 Å². The molecule has 0 aliphatic rings. The Hall–Kier alpha value is -2.57. The summed E-state index contributed by atoms with van der Waals surface area (Å²) in [6.45, 7) is 25.2. The molecule has 0 bridgehead atoms. The van der Waals surface area contributed by atoms with Gasteiger partial charge in [-0.2, -0.15) is 0 Å². The molecule has 38 heavy (non-hydrogen) atoms. The van der Waals surface area contributed by atoms with Crippen LogP contribution in [-0.4, -0.2) is 46.0 Å². The fourth-order valence-electron chi connectivity index (χ4n) is 4.41. The number of aryl methyl sites for hydroxylation is 2. The van der Waals surface area contributed by atoms with Crippen LogP contribution in [0.4, 0.5) is 4.79 Å². The van der Waals surface area contributed by atoms with Gasteiger partial charge in [-0.05, 0) is 98.1 Å². The maximum absolute atomic E-state index is 14.4. The number of hydrogen-bond acceptors (Lipinski definition) is 4. The lowest BCUT2D eigenvalue weighted by Gasteiger charge is -2.41. The molecule has 1 aromatic carbocycles. The first-order chi connectivity index (χ1) is 17.2. The highest BCUT2D eigenvalue weighted by atomic mass is 16.6. The second kappa shape index (κ2) is 13.5. The zero-order valence-electron chi connectivity index (χ0n) is 26.1. The topological polar surface area (TPSA) is 87.7 Å². The largest absolute Gasteiger partial charge is 0.444 e. The van der Waals surface area contributed by atoms with Gasteiger partial charge in [0.25, 0.3) is 0 Å². The van der Waals surface area contributed by atoms with Gasteiger partial charge in [-0.15, -0.1) is 0 Å². The van der Waals surface area contributed by atoms with Crippen molar-refractivity contribution in [1.82, 2.24) is 15.5 Å². The highest BCUT2D eigenvalue weighted by Crippen LogP contribution is 2.31. The molecule has 2 N–H and O–H groups in total. The maximum atomic E-state index is 14.4. The molecule has 1 aromatic rings. The summed E-state index contributed by atoms with van der Waals surface area (Å²) in [4.78, 5) is 42.8. The number of benzene rings is 1. The van der Waals surface area contributed by atoms with Gasteiger partial charge in [0.05, 0.1) is 0 Å². The molecule has 216 valence electrons. The Labute approximate surface area is 231 Å². The SMILES string of the molecule is Cc1ccc(C(C(=O)NC(C)(C)C)N(C(=O)C(NC(=O)OC(C)(C)C)C(C)C)C(C)CCC(C)C)c(C)c1. The van der Waals surface area contributed by atoms with E-state index < -0.39 is 29.3 Å². The first-order valence-electron chi connectivity index (χ1n) is 13.9. The summed E-state index contributed by atoms with van der Waals surface area (Å²) in [6, 6.07) is 3.99. The van der Waals surface area contributed by atoms with Crippen LogP contribution in [-0.2, 0) is 14.3 Å². The normalized spacial score (nSPS) is 14.6.